The van der Waals surface area contributed by atoms with Crippen molar-refractivity contribution in [3.63, 3.8) is 0 Å². The van der Waals surface area contributed by atoms with Crippen LogP contribution < -0.4 is 10.2 Å². The highest BCUT2D eigenvalue weighted by Gasteiger charge is 2.10. The Labute approximate surface area is 149 Å². The monoisotopic (exact) mass is 370 g/mol. The highest BCUT2D eigenvalue weighted by molar-refractivity contribution is 6.36. The maximum atomic E-state index is 12.0. The SMILES string of the molecule is CCOc1ccc(Cl)cc1/C=N\NC(=O)c1ccc(Cl)cc1Cl. The number of carbonyl (C=O) groups is 1. The molecule has 0 aliphatic carbocycles. The molecule has 4 nitrogen and oxygen atoms in total. The number of nitrogens with zero attached hydrogens (tertiary/aromatic N) is 1. The molecule has 0 saturated carbocycles. The van der Waals surface area contributed by atoms with Crippen LogP contribution in [0, 0.1) is 0 Å². The van der Waals surface area contributed by atoms with Crippen molar-refractivity contribution in [3.8, 4) is 5.75 Å². The Morgan fingerprint density at radius 1 is 1.17 bits per heavy atom. The van der Waals surface area contributed by atoms with Crippen molar-refractivity contribution in [1.29, 1.82) is 0 Å². The zero-order valence-electron chi connectivity index (χ0n) is 12.1. The summed E-state index contributed by atoms with van der Waals surface area (Å²) in [6.45, 7) is 2.38. The number of hydrogen-bond acceptors (Lipinski definition) is 3. The van der Waals surface area contributed by atoms with Gasteiger partial charge in [0.1, 0.15) is 5.75 Å². The number of nitrogens with one attached hydrogen (secondary N) is 1. The van der Waals surface area contributed by atoms with Crippen LogP contribution in [0.25, 0.3) is 0 Å². The lowest BCUT2D eigenvalue weighted by atomic mass is 10.2. The van der Waals surface area contributed by atoms with E-state index in [1.165, 1.54) is 18.3 Å². The van der Waals surface area contributed by atoms with Crippen LogP contribution in [0.3, 0.4) is 0 Å². The average Bonchev–Trinajstić information content (AvgIpc) is 2.50. The second-order valence-electron chi connectivity index (χ2n) is 4.44. The largest absolute Gasteiger partial charge is 0.493 e. The minimum atomic E-state index is -0.442. The van der Waals surface area contributed by atoms with Crippen LogP contribution in [-0.4, -0.2) is 18.7 Å². The molecule has 2 aromatic carbocycles. The summed E-state index contributed by atoms with van der Waals surface area (Å²) in [5, 5.41) is 5.16. The normalized spacial score (nSPS) is 10.8. The first kappa shape index (κ1) is 17.6. The van der Waals surface area contributed by atoms with E-state index >= 15 is 0 Å². The van der Waals surface area contributed by atoms with Gasteiger partial charge in [0.15, 0.2) is 0 Å². The summed E-state index contributed by atoms with van der Waals surface area (Å²) in [6.07, 6.45) is 1.46. The molecular formula is C16H13Cl3N2O2. The number of ether oxygens (including phenoxy) is 1. The lowest BCUT2D eigenvalue weighted by Crippen LogP contribution is -2.18. The van der Waals surface area contributed by atoms with Gasteiger partial charge in [-0.15, -0.1) is 0 Å². The van der Waals surface area contributed by atoms with E-state index in [4.69, 9.17) is 39.5 Å². The topological polar surface area (TPSA) is 50.7 Å². The second-order valence-corrected chi connectivity index (χ2v) is 5.72. The van der Waals surface area contributed by atoms with Gasteiger partial charge in [0, 0.05) is 15.6 Å². The number of rotatable bonds is 5. The third-order valence-corrected chi connectivity index (χ3v) is 3.60. The Bertz CT molecular complexity index is 748. The molecule has 0 spiro atoms. The molecule has 0 unspecified atom stereocenters. The van der Waals surface area contributed by atoms with Gasteiger partial charge in [0.2, 0.25) is 0 Å². The van der Waals surface area contributed by atoms with Crippen molar-refractivity contribution in [2.75, 3.05) is 6.61 Å². The molecule has 0 fully saturated rings. The van der Waals surface area contributed by atoms with Crippen molar-refractivity contribution < 1.29 is 9.53 Å². The lowest BCUT2D eigenvalue weighted by molar-refractivity contribution is 0.0955. The summed E-state index contributed by atoms with van der Waals surface area (Å²) >= 11 is 17.7. The van der Waals surface area contributed by atoms with E-state index in [9.17, 15) is 4.79 Å². The van der Waals surface area contributed by atoms with Gasteiger partial charge in [-0.1, -0.05) is 34.8 Å². The molecule has 1 N–H and O–H groups in total. The fourth-order valence-corrected chi connectivity index (χ4v) is 2.48. The third kappa shape index (κ3) is 4.86. The van der Waals surface area contributed by atoms with E-state index in [2.05, 4.69) is 10.5 Å². The van der Waals surface area contributed by atoms with Crippen LogP contribution in [0.2, 0.25) is 15.1 Å². The van der Waals surface area contributed by atoms with Gasteiger partial charge in [0.25, 0.3) is 5.91 Å². The summed E-state index contributed by atoms with van der Waals surface area (Å²) in [5.74, 6) is 0.183. The summed E-state index contributed by atoms with van der Waals surface area (Å²) in [7, 11) is 0. The number of carbonyl (C=O) groups excluding carboxylic acids is 1. The number of halogens is 3. The molecule has 0 aliphatic heterocycles. The van der Waals surface area contributed by atoms with Crippen LogP contribution in [0.1, 0.15) is 22.8 Å². The van der Waals surface area contributed by atoms with Crippen LogP contribution in [0.5, 0.6) is 5.75 Å². The molecule has 120 valence electrons. The molecule has 1 amide bonds. The Morgan fingerprint density at radius 3 is 2.57 bits per heavy atom. The average molecular weight is 372 g/mol. The molecule has 0 bridgehead atoms. The smallest absolute Gasteiger partial charge is 0.272 e. The van der Waals surface area contributed by atoms with Gasteiger partial charge < -0.3 is 4.74 Å². The predicted octanol–water partition coefficient (Wildman–Crippen LogP) is 4.81. The van der Waals surface area contributed by atoms with Gasteiger partial charge in [-0.25, -0.2) is 5.43 Å². The van der Waals surface area contributed by atoms with Gasteiger partial charge in [-0.3, -0.25) is 4.79 Å². The van der Waals surface area contributed by atoms with Gasteiger partial charge in [0.05, 0.1) is 23.4 Å². The molecule has 0 saturated heterocycles. The Hall–Kier alpha value is -1.75. The van der Waals surface area contributed by atoms with E-state index in [1.807, 2.05) is 6.92 Å². The summed E-state index contributed by atoms with van der Waals surface area (Å²) < 4.78 is 5.47. The van der Waals surface area contributed by atoms with Crippen LogP contribution in [0.15, 0.2) is 41.5 Å². The fourth-order valence-electron chi connectivity index (χ4n) is 1.80. The zero-order chi connectivity index (χ0) is 16.8. The fraction of sp³-hybridized carbons (Fsp3) is 0.125. The first-order chi connectivity index (χ1) is 11.0. The van der Waals surface area contributed by atoms with E-state index < -0.39 is 5.91 Å². The molecule has 0 aromatic heterocycles. The molecule has 0 radical (unpaired) electrons. The molecule has 0 heterocycles. The minimum Gasteiger partial charge on any atom is -0.493 e. The molecule has 23 heavy (non-hydrogen) atoms. The van der Waals surface area contributed by atoms with Crippen molar-refractivity contribution >= 4 is 46.9 Å². The molecule has 0 atom stereocenters. The number of benzene rings is 2. The summed E-state index contributed by atoms with van der Waals surface area (Å²) in [4.78, 5) is 12.0. The lowest BCUT2D eigenvalue weighted by Gasteiger charge is -2.07. The Kier molecular flexibility index (Phi) is 6.28. The zero-order valence-corrected chi connectivity index (χ0v) is 14.4. The third-order valence-electron chi connectivity index (χ3n) is 2.82. The molecule has 2 rings (SSSR count). The van der Waals surface area contributed by atoms with Crippen molar-refractivity contribution in [2.24, 2.45) is 5.10 Å². The maximum Gasteiger partial charge on any atom is 0.272 e. The molecule has 7 heteroatoms. The van der Waals surface area contributed by atoms with Crippen molar-refractivity contribution in [1.82, 2.24) is 5.43 Å². The Balaban J connectivity index is 2.12. The van der Waals surface area contributed by atoms with E-state index in [-0.39, 0.29) is 10.6 Å². The van der Waals surface area contributed by atoms with E-state index in [0.717, 1.165) is 0 Å². The van der Waals surface area contributed by atoms with Gasteiger partial charge >= 0.3 is 0 Å². The Morgan fingerprint density at radius 2 is 1.87 bits per heavy atom. The van der Waals surface area contributed by atoms with Crippen molar-refractivity contribution in [3.05, 3.63) is 62.6 Å². The standard InChI is InChI=1S/C16H13Cl3N2O2/c1-2-23-15-6-4-11(17)7-10(15)9-20-21-16(22)13-5-3-12(18)8-14(13)19/h3-9H,2H2,1H3,(H,21,22)/b20-9-. The van der Waals surface area contributed by atoms with E-state index in [0.29, 0.717) is 28.0 Å². The van der Waals surface area contributed by atoms with Gasteiger partial charge in [-0.2, -0.15) is 5.10 Å². The van der Waals surface area contributed by atoms with E-state index in [1.54, 1.807) is 24.3 Å². The number of amides is 1. The van der Waals surface area contributed by atoms with Crippen LogP contribution >= 0.6 is 34.8 Å². The molecule has 0 aliphatic rings. The predicted molar refractivity (Wildman–Crippen MR) is 94.1 cm³/mol. The number of hydrazone groups is 1. The highest BCUT2D eigenvalue weighted by atomic mass is 35.5. The maximum absolute atomic E-state index is 12.0. The molecular weight excluding hydrogens is 359 g/mol. The molecule has 2 aromatic rings. The first-order valence-corrected chi connectivity index (χ1v) is 7.85. The van der Waals surface area contributed by atoms with Crippen molar-refractivity contribution in [2.45, 2.75) is 6.92 Å². The second kappa shape index (κ2) is 8.20. The quantitative estimate of drug-likeness (QED) is 0.606. The summed E-state index contributed by atoms with van der Waals surface area (Å²) in [5.41, 5.74) is 3.34. The van der Waals surface area contributed by atoms with Crippen LogP contribution in [-0.2, 0) is 0 Å². The highest BCUT2D eigenvalue weighted by Crippen LogP contribution is 2.22. The summed E-state index contributed by atoms with van der Waals surface area (Å²) in [6, 6.07) is 9.75. The van der Waals surface area contributed by atoms with Crippen LogP contribution in [0.4, 0.5) is 0 Å². The van der Waals surface area contributed by atoms with Gasteiger partial charge in [-0.05, 0) is 43.3 Å². The first-order valence-electron chi connectivity index (χ1n) is 6.72. The minimum absolute atomic E-state index is 0.253. The number of hydrogen-bond donors (Lipinski definition) is 1.